The van der Waals surface area contributed by atoms with E-state index in [0.717, 1.165) is 9.91 Å². The molecule has 0 radical (unpaired) electrons. The van der Waals surface area contributed by atoms with Crippen LogP contribution in [0.4, 0.5) is 5.95 Å². The fourth-order valence-corrected chi connectivity index (χ4v) is 5.62. The quantitative estimate of drug-likeness (QED) is 0.268. The summed E-state index contributed by atoms with van der Waals surface area (Å²) < 4.78 is 5.39. The molecule has 4 rings (SSSR count). The van der Waals surface area contributed by atoms with Crippen molar-refractivity contribution in [3.05, 3.63) is 70.3 Å². The zero-order chi connectivity index (χ0) is 22.8. The van der Waals surface area contributed by atoms with Crippen LogP contribution in [0.2, 0.25) is 5.02 Å². The Morgan fingerprint density at radius 2 is 1.97 bits per heavy atom. The number of fused-ring (bicyclic) bond motifs is 1. The van der Waals surface area contributed by atoms with Crippen LogP contribution in [-0.4, -0.2) is 59.2 Å². The second kappa shape index (κ2) is 8.98. The number of methoxy groups -OCH3 is 1. The summed E-state index contributed by atoms with van der Waals surface area (Å²) in [5.74, 6) is -0.881. The number of halogens is 1. The molecule has 0 aliphatic heterocycles. The van der Waals surface area contributed by atoms with Gasteiger partial charge in [0.25, 0.3) is 0 Å². The summed E-state index contributed by atoms with van der Waals surface area (Å²) in [7, 11) is 1.29. The van der Waals surface area contributed by atoms with Gasteiger partial charge >= 0.3 is 187 Å². The predicted octanol–water partition coefficient (Wildman–Crippen LogP) is 2.19. The van der Waals surface area contributed by atoms with Gasteiger partial charge in [0.2, 0.25) is 0 Å². The van der Waals surface area contributed by atoms with Crippen LogP contribution in [0.5, 0.6) is 0 Å². The first-order chi connectivity index (χ1) is 15.4. The molecule has 32 heavy (non-hydrogen) atoms. The van der Waals surface area contributed by atoms with E-state index in [9.17, 15) is 14.4 Å². The van der Waals surface area contributed by atoms with Gasteiger partial charge in [-0.05, 0) is 0 Å². The number of ether oxygens (including phenoxy) is 1. The summed E-state index contributed by atoms with van der Waals surface area (Å²) in [5, 5.41) is 3.18. The van der Waals surface area contributed by atoms with Crippen molar-refractivity contribution in [2.75, 3.05) is 12.4 Å². The normalized spacial score (nSPS) is 11.2. The van der Waals surface area contributed by atoms with Gasteiger partial charge in [-0.25, -0.2) is 0 Å². The number of anilines is 1. The fourth-order valence-electron chi connectivity index (χ4n) is 3.03. The van der Waals surface area contributed by atoms with Crippen molar-refractivity contribution in [2.24, 2.45) is 0 Å². The third-order valence-electron chi connectivity index (χ3n) is 4.67. The molecule has 3 N–H and O–H groups in total. The molecule has 1 unspecified atom stereocenters. The average molecular weight is 514 g/mol. The minimum absolute atomic E-state index is 0.0501. The Morgan fingerprint density at radius 1 is 1.16 bits per heavy atom. The summed E-state index contributed by atoms with van der Waals surface area (Å²) >= 11 is 4.78. The molecule has 9 nitrogen and oxygen atoms in total. The van der Waals surface area contributed by atoms with Gasteiger partial charge in [0.1, 0.15) is 0 Å². The van der Waals surface area contributed by atoms with Gasteiger partial charge in [-0.15, -0.1) is 0 Å². The third kappa shape index (κ3) is 4.44. The molecule has 4 aromatic rings. The van der Waals surface area contributed by atoms with Gasteiger partial charge in [0.15, 0.2) is 0 Å². The topological polar surface area (TPSA) is 130 Å². The molecule has 0 saturated heterocycles. The van der Waals surface area contributed by atoms with E-state index in [2.05, 4.69) is 25.3 Å². The van der Waals surface area contributed by atoms with Crippen molar-refractivity contribution in [3.8, 4) is 0 Å². The van der Waals surface area contributed by atoms with E-state index in [1.54, 1.807) is 30.3 Å². The summed E-state index contributed by atoms with van der Waals surface area (Å²) in [6.07, 6.45) is 1.31. The number of esters is 1. The molecule has 0 aliphatic rings. The number of carbonyl (C=O) groups is 3. The molecule has 0 fully saturated rings. The molecular formula is C21H17AsClN5O4. The Hall–Kier alpha value is -3.42. The number of imidazole rings is 2. The Morgan fingerprint density at radius 3 is 2.75 bits per heavy atom. The standard InChI is InChI=1S/C21H17AsClN5O4/c1-10-3-5-12(23)8-13(10)22-18(29)16-17(25-9-24-16)19(30)28-21-26-14-6-4-11(20(31)32-2)7-15(14)27-21/h3-9,22H,1-2H3,(H,24,25)(H2,26,27,28,30). The number of rotatable bonds is 6. The summed E-state index contributed by atoms with van der Waals surface area (Å²) in [6, 6.07) is 10.2. The van der Waals surface area contributed by atoms with Gasteiger partial charge in [-0.2, -0.15) is 0 Å². The Labute approximate surface area is 193 Å². The van der Waals surface area contributed by atoms with Crippen LogP contribution in [-0.2, 0) is 4.74 Å². The zero-order valence-corrected chi connectivity index (χ0v) is 19.8. The monoisotopic (exact) mass is 513 g/mol. The van der Waals surface area contributed by atoms with E-state index in [4.69, 9.17) is 16.3 Å². The number of nitrogens with one attached hydrogen (secondary N) is 3. The van der Waals surface area contributed by atoms with Crippen LogP contribution in [0.1, 0.15) is 36.9 Å². The molecule has 0 spiro atoms. The number of carbonyl (C=O) groups excluding carboxylic acids is 3. The number of benzene rings is 2. The van der Waals surface area contributed by atoms with Crippen LogP contribution >= 0.6 is 11.6 Å². The molecule has 11 heteroatoms. The molecule has 1 amide bonds. The number of amides is 1. The molecule has 2 aromatic carbocycles. The van der Waals surface area contributed by atoms with E-state index in [-0.39, 0.29) is 21.9 Å². The number of aromatic nitrogens is 4. The van der Waals surface area contributed by atoms with Crippen LogP contribution in [0.15, 0.2) is 42.7 Å². The van der Waals surface area contributed by atoms with Gasteiger partial charge in [0.05, 0.1) is 7.11 Å². The van der Waals surface area contributed by atoms with Gasteiger partial charge in [-0.3, -0.25) is 0 Å². The molecule has 2 aromatic heterocycles. The summed E-state index contributed by atoms with van der Waals surface area (Å²) in [5.41, 5.74) is 2.54. The number of H-pyrrole nitrogens is 2. The molecule has 2 heterocycles. The van der Waals surface area contributed by atoms with Crippen molar-refractivity contribution in [2.45, 2.75) is 6.92 Å². The summed E-state index contributed by atoms with van der Waals surface area (Å²) in [4.78, 5) is 51.4. The Bertz CT molecular complexity index is 1360. The maximum atomic E-state index is 12.9. The van der Waals surface area contributed by atoms with Crippen LogP contribution < -0.4 is 9.67 Å². The zero-order valence-electron chi connectivity index (χ0n) is 16.9. The molecule has 0 bridgehead atoms. The number of hydrogen-bond acceptors (Lipinski definition) is 6. The maximum absolute atomic E-state index is 12.9. The molecular weight excluding hydrogens is 497 g/mol. The van der Waals surface area contributed by atoms with Crippen LogP contribution in [0.3, 0.4) is 0 Å². The second-order valence-corrected chi connectivity index (χ2v) is 9.85. The first-order valence-corrected chi connectivity index (χ1v) is 11.8. The SMILES string of the molecule is COC(=O)c1ccc2[nH]c(NC(=O)c3[nH]cnc3C(=O)[AsH]c3cc(Cl)ccc3C)nc2c1. The Kier molecular flexibility index (Phi) is 6.12. The third-order valence-corrected chi connectivity index (χ3v) is 7.57. The van der Waals surface area contributed by atoms with E-state index >= 15 is 0 Å². The van der Waals surface area contributed by atoms with E-state index in [1.807, 2.05) is 13.0 Å². The van der Waals surface area contributed by atoms with Crippen LogP contribution in [0, 0.1) is 6.92 Å². The van der Waals surface area contributed by atoms with Crippen molar-refractivity contribution in [1.82, 2.24) is 19.9 Å². The fraction of sp³-hybridized carbons (Fsp3) is 0.0952. The second-order valence-electron chi connectivity index (χ2n) is 6.80. The first kappa shape index (κ1) is 21.8. The molecule has 1 atom stereocenters. The summed E-state index contributed by atoms with van der Waals surface area (Å²) in [6.45, 7) is 1.91. The van der Waals surface area contributed by atoms with E-state index < -0.39 is 27.6 Å². The van der Waals surface area contributed by atoms with Crippen molar-refractivity contribution in [1.29, 1.82) is 0 Å². The minimum atomic E-state index is -1.27. The number of aromatic amines is 2. The number of hydrogen-bond donors (Lipinski definition) is 3. The van der Waals surface area contributed by atoms with Gasteiger partial charge in [-0.1, -0.05) is 0 Å². The van der Waals surface area contributed by atoms with E-state index in [1.165, 1.54) is 13.4 Å². The average Bonchev–Trinajstić information content (AvgIpc) is 3.41. The Balaban J connectivity index is 1.54. The van der Waals surface area contributed by atoms with Crippen molar-refractivity contribution in [3.63, 3.8) is 0 Å². The van der Waals surface area contributed by atoms with Gasteiger partial charge in [0, 0.05) is 0 Å². The van der Waals surface area contributed by atoms with Crippen LogP contribution in [0.25, 0.3) is 11.0 Å². The van der Waals surface area contributed by atoms with Crippen molar-refractivity contribution < 1.29 is 19.1 Å². The molecule has 162 valence electrons. The molecule has 0 saturated carbocycles. The first-order valence-electron chi connectivity index (χ1n) is 9.36. The molecule has 0 aliphatic carbocycles. The predicted molar refractivity (Wildman–Crippen MR) is 121 cm³/mol. The number of nitrogens with zero attached hydrogens (tertiary/aromatic N) is 2. The van der Waals surface area contributed by atoms with Crippen molar-refractivity contribution >= 4 is 65.1 Å². The van der Waals surface area contributed by atoms with E-state index in [0.29, 0.717) is 21.6 Å². The van der Waals surface area contributed by atoms with Gasteiger partial charge < -0.3 is 0 Å². The number of aryl methyl sites for hydroxylation is 1.